The molecule has 2 atom stereocenters. The first-order valence-corrected chi connectivity index (χ1v) is 8.45. The number of nitrogens with one attached hydrogen (secondary N) is 1. The molecule has 8 heteroatoms. The molecule has 0 amide bonds. The van der Waals surface area contributed by atoms with Gasteiger partial charge in [-0.2, -0.15) is 0 Å². The fourth-order valence-corrected chi connectivity index (χ4v) is 4.47. The van der Waals surface area contributed by atoms with Crippen molar-refractivity contribution in [3.05, 3.63) is 22.4 Å². The molecule has 1 aliphatic heterocycles. The predicted octanol–water partition coefficient (Wildman–Crippen LogP) is 2.02. The van der Waals surface area contributed by atoms with Crippen molar-refractivity contribution in [1.29, 1.82) is 0 Å². The SMILES string of the molecule is CC1CC(NS(=O)(=O)c2cc(N)c(F)cc2Br)CCO1. The largest absolute Gasteiger partial charge is 0.396 e. The highest BCUT2D eigenvalue weighted by Crippen LogP contribution is 2.27. The Hall–Kier alpha value is -0.700. The third-order valence-electron chi connectivity index (χ3n) is 3.15. The van der Waals surface area contributed by atoms with Crippen LogP contribution in [0.5, 0.6) is 0 Å². The number of sulfonamides is 1. The van der Waals surface area contributed by atoms with E-state index in [0.29, 0.717) is 19.4 Å². The molecule has 112 valence electrons. The van der Waals surface area contributed by atoms with Crippen LogP contribution in [0.2, 0.25) is 0 Å². The van der Waals surface area contributed by atoms with E-state index < -0.39 is 15.8 Å². The summed E-state index contributed by atoms with van der Waals surface area (Å²) in [4.78, 5) is -0.0597. The topological polar surface area (TPSA) is 81.4 Å². The lowest BCUT2D eigenvalue weighted by Crippen LogP contribution is -2.41. The van der Waals surface area contributed by atoms with Gasteiger partial charge in [-0.3, -0.25) is 0 Å². The third-order valence-corrected chi connectivity index (χ3v) is 5.63. The molecular formula is C12H16BrFN2O3S. The minimum absolute atomic E-state index is 0.0122. The first-order chi connectivity index (χ1) is 9.29. The molecule has 1 aromatic rings. The van der Waals surface area contributed by atoms with Gasteiger partial charge in [-0.25, -0.2) is 17.5 Å². The zero-order valence-electron chi connectivity index (χ0n) is 10.9. The zero-order valence-corrected chi connectivity index (χ0v) is 13.3. The third kappa shape index (κ3) is 3.49. The van der Waals surface area contributed by atoms with E-state index in [4.69, 9.17) is 10.5 Å². The van der Waals surface area contributed by atoms with Crippen LogP contribution in [0, 0.1) is 5.82 Å². The van der Waals surface area contributed by atoms with Gasteiger partial charge in [0.1, 0.15) is 5.82 Å². The highest BCUT2D eigenvalue weighted by molar-refractivity contribution is 9.10. The van der Waals surface area contributed by atoms with Crippen LogP contribution in [0.25, 0.3) is 0 Å². The number of hydrogen-bond acceptors (Lipinski definition) is 4. The minimum atomic E-state index is -3.75. The lowest BCUT2D eigenvalue weighted by Gasteiger charge is -2.27. The van der Waals surface area contributed by atoms with E-state index in [1.807, 2.05) is 6.92 Å². The monoisotopic (exact) mass is 366 g/mol. The molecule has 0 aliphatic carbocycles. The molecule has 0 spiro atoms. The maximum absolute atomic E-state index is 13.3. The summed E-state index contributed by atoms with van der Waals surface area (Å²) < 4.78 is 46.1. The molecule has 0 aromatic heterocycles. The number of rotatable bonds is 3. The number of hydrogen-bond donors (Lipinski definition) is 2. The number of nitrogen functional groups attached to an aromatic ring is 1. The molecule has 5 nitrogen and oxygen atoms in total. The lowest BCUT2D eigenvalue weighted by molar-refractivity contribution is 0.0173. The summed E-state index contributed by atoms with van der Waals surface area (Å²) in [7, 11) is -3.75. The molecule has 1 heterocycles. The van der Waals surface area contributed by atoms with Crippen molar-refractivity contribution in [2.45, 2.75) is 36.8 Å². The fourth-order valence-electron chi connectivity index (χ4n) is 2.14. The molecular weight excluding hydrogens is 351 g/mol. The van der Waals surface area contributed by atoms with Crippen LogP contribution in [0.15, 0.2) is 21.5 Å². The summed E-state index contributed by atoms with van der Waals surface area (Å²) in [5.74, 6) is -0.657. The molecule has 1 saturated heterocycles. The average Bonchev–Trinajstić information content (AvgIpc) is 2.33. The van der Waals surface area contributed by atoms with Gasteiger partial charge < -0.3 is 10.5 Å². The second kappa shape index (κ2) is 5.97. The van der Waals surface area contributed by atoms with Gasteiger partial charge in [0.15, 0.2) is 0 Å². The Morgan fingerprint density at radius 1 is 1.50 bits per heavy atom. The summed E-state index contributed by atoms with van der Waals surface area (Å²) in [6, 6.07) is 1.98. The first kappa shape index (κ1) is 15.7. The number of halogens is 2. The lowest BCUT2D eigenvalue weighted by atomic mass is 10.1. The van der Waals surface area contributed by atoms with Crippen molar-refractivity contribution >= 4 is 31.6 Å². The van der Waals surface area contributed by atoms with Gasteiger partial charge >= 0.3 is 0 Å². The van der Waals surface area contributed by atoms with Gasteiger partial charge in [-0.1, -0.05) is 0 Å². The molecule has 0 saturated carbocycles. The van der Waals surface area contributed by atoms with Crippen LogP contribution >= 0.6 is 15.9 Å². The van der Waals surface area contributed by atoms with Gasteiger partial charge in [0.25, 0.3) is 0 Å². The Morgan fingerprint density at radius 2 is 2.20 bits per heavy atom. The average molecular weight is 367 g/mol. The van der Waals surface area contributed by atoms with Gasteiger partial charge in [-0.05, 0) is 47.8 Å². The van der Waals surface area contributed by atoms with Crippen LogP contribution in [0.3, 0.4) is 0 Å². The summed E-state index contributed by atoms with van der Waals surface area (Å²) in [5, 5.41) is 0. The summed E-state index contributed by atoms with van der Waals surface area (Å²) in [6.07, 6.45) is 1.23. The Labute approximate surface area is 125 Å². The zero-order chi connectivity index (χ0) is 14.9. The Morgan fingerprint density at radius 3 is 2.85 bits per heavy atom. The van der Waals surface area contributed by atoms with E-state index in [2.05, 4.69) is 20.7 Å². The molecule has 2 rings (SSSR count). The predicted molar refractivity (Wildman–Crippen MR) is 77.3 cm³/mol. The van der Waals surface area contributed by atoms with E-state index in [9.17, 15) is 12.8 Å². The smallest absolute Gasteiger partial charge is 0.242 e. The number of ether oxygens (including phenoxy) is 1. The number of nitrogens with two attached hydrogens (primary N) is 1. The molecule has 20 heavy (non-hydrogen) atoms. The van der Waals surface area contributed by atoms with Gasteiger partial charge in [0, 0.05) is 17.1 Å². The van der Waals surface area contributed by atoms with Crippen molar-refractivity contribution in [2.24, 2.45) is 0 Å². The Bertz CT molecular complexity index is 609. The highest BCUT2D eigenvalue weighted by atomic mass is 79.9. The van der Waals surface area contributed by atoms with Crippen molar-refractivity contribution in [2.75, 3.05) is 12.3 Å². The van der Waals surface area contributed by atoms with Crippen LogP contribution < -0.4 is 10.5 Å². The number of benzene rings is 1. The van der Waals surface area contributed by atoms with Crippen LogP contribution in [0.1, 0.15) is 19.8 Å². The fraction of sp³-hybridized carbons (Fsp3) is 0.500. The van der Waals surface area contributed by atoms with Gasteiger partial charge in [0.05, 0.1) is 16.7 Å². The molecule has 1 aliphatic rings. The maximum atomic E-state index is 13.3. The van der Waals surface area contributed by atoms with Gasteiger partial charge in [-0.15, -0.1) is 0 Å². The van der Waals surface area contributed by atoms with Crippen molar-refractivity contribution < 1.29 is 17.5 Å². The molecule has 1 fully saturated rings. The summed E-state index contributed by atoms with van der Waals surface area (Å²) in [5.41, 5.74) is 5.23. The van der Waals surface area contributed by atoms with E-state index in [-0.39, 0.29) is 27.2 Å². The van der Waals surface area contributed by atoms with Crippen molar-refractivity contribution in [3.63, 3.8) is 0 Å². The van der Waals surface area contributed by atoms with Gasteiger partial charge in [0.2, 0.25) is 10.0 Å². The molecule has 1 aromatic carbocycles. The minimum Gasteiger partial charge on any atom is -0.396 e. The second-order valence-corrected chi connectivity index (χ2v) is 7.36. The number of anilines is 1. The molecule has 0 bridgehead atoms. The molecule has 0 radical (unpaired) electrons. The van der Waals surface area contributed by atoms with Crippen LogP contribution in [-0.4, -0.2) is 27.2 Å². The maximum Gasteiger partial charge on any atom is 0.242 e. The summed E-state index contributed by atoms with van der Waals surface area (Å²) >= 11 is 3.05. The first-order valence-electron chi connectivity index (χ1n) is 6.18. The van der Waals surface area contributed by atoms with Crippen LogP contribution in [0.4, 0.5) is 10.1 Å². The van der Waals surface area contributed by atoms with E-state index in [1.165, 1.54) is 0 Å². The van der Waals surface area contributed by atoms with Crippen molar-refractivity contribution in [1.82, 2.24) is 4.72 Å². The van der Waals surface area contributed by atoms with E-state index >= 15 is 0 Å². The second-order valence-electron chi connectivity index (χ2n) is 4.83. The Balaban J connectivity index is 2.24. The van der Waals surface area contributed by atoms with Crippen LogP contribution in [-0.2, 0) is 14.8 Å². The normalized spacial score (nSPS) is 23.8. The quantitative estimate of drug-likeness (QED) is 0.801. The van der Waals surface area contributed by atoms with E-state index in [0.717, 1.165) is 12.1 Å². The Kier molecular flexibility index (Phi) is 4.68. The molecule has 3 N–H and O–H groups in total. The van der Waals surface area contributed by atoms with Crippen molar-refractivity contribution in [3.8, 4) is 0 Å². The van der Waals surface area contributed by atoms with E-state index in [1.54, 1.807) is 0 Å². The highest BCUT2D eigenvalue weighted by Gasteiger charge is 2.27. The molecule has 2 unspecified atom stereocenters. The standard InChI is InChI=1S/C12H16BrFN2O3S/c1-7-4-8(2-3-19-7)16-20(17,18)12-6-11(15)10(14)5-9(12)13/h5-8,16H,2-4,15H2,1H3. The summed E-state index contributed by atoms with van der Waals surface area (Å²) in [6.45, 7) is 2.41.